The fraction of sp³-hybridized carbons (Fsp3) is 0.688. The van der Waals surface area contributed by atoms with Crippen molar-refractivity contribution in [2.24, 2.45) is 5.92 Å². The van der Waals surface area contributed by atoms with Crippen LogP contribution in [0.5, 0.6) is 0 Å². The number of nitrogens with one attached hydrogen (secondary N) is 3. The number of carbonyl (C=O) groups is 2. The van der Waals surface area contributed by atoms with Gasteiger partial charge in [-0.2, -0.15) is 0 Å². The van der Waals surface area contributed by atoms with Gasteiger partial charge in [-0.3, -0.25) is 9.59 Å². The number of likely N-dealkylation sites (tertiary alicyclic amines) is 1. The molecule has 4 atom stereocenters. The summed E-state index contributed by atoms with van der Waals surface area (Å²) in [5, 5.41) is 7.10. The third-order valence-electron chi connectivity index (χ3n) is 9.01. The second kappa shape index (κ2) is 16.4. The van der Waals surface area contributed by atoms with Crippen LogP contribution < -0.4 is 10.6 Å². The summed E-state index contributed by atoms with van der Waals surface area (Å²) in [5.41, 5.74) is 1.81. The van der Waals surface area contributed by atoms with Crippen LogP contribution in [0.1, 0.15) is 69.8 Å². The predicted octanol–water partition coefficient (Wildman–Crippen LogP) is 4.12. The minimum absolute atomic E-state index is 0.0102. The molecule has 2 heterocycles. The highest BCUT2D eigenvalue weighted by Gasteiger charge is 2.41. The van der Waals surface area contributed by atoms with Crippen molar-refractivity contribution < 1.29 is 28.2 Å². The molecule has 10 heteroatoms. The highest BCUT2D eigenvalue weighted by molar-refractivity contribution is 5.90. The minimum atomic E-state index is -0.535. The topological polar surface area (TPSA) is 105 Å². The van der Waals surface area contributed by atoms with Crippen molar-refractivity contribution in [3.05, 3.63) is 35.8 Å². The third kappa shape index (κ3) is 8.30. The number of methoxy groups -OCH3 is 1. The van der Waals surface area contributed by atoms with E-state index in [2.05, 4.69) is 15.6 Å². The van der Waals surface area contributed by atoms with Crippen LogP contribution in [-0.2, 0) is 23.8 Å². The smallest absolute Gasteiger partial charge is 0.245 e. The first-order chi connectivity index (χ1) is 20.4. The summed E-state index contributed by atoms with van der Waals surface area (Å²) in [5.74, 6) is -0.290. The van der Waals surface area contributed by atoms with Crippen molar-refractivity contribution in [2.45, 2.75) is 82.3 Å². The second-order valence-electron chi connectivity index (χ2n) is 11.7. The fourth-order valence-electron chi connectivity index (χ4n) is 6.58. The number of rotatable bonds is 16. The van der Waals surface area contributed by atoms with Crippen molar-refractivity contribution in [2.75, 3.05) is 53.7 Å². The lowest BCUT2D eigenvalue weighted by atomic mass is 9.82. The van der Waals surface area contributed by atoms with E-state index in [0.29, 0.717) is 46.0 Å². The number of likely N-dealkylation sites (N-methyl/N-ethyl adjacent to an activating group) is 1. The monoisotopic (exact) mass is 588 g/mol. The van der Waals surface area contributed by atoms with E-state index in [0.717, 1.165) is 55.0 Å². The number of benzene rings is 1. The number of aromatic amines is 1. The highest BCUT2D eigenvalue weighted by atomic mass is 19.1. The Hall–Kier alpha value is -2.53. The molecule has 0 bridgehead atoms. The highest BCUT2D eigenvalue weighted by Crippen LogP contribution is 2.38. The van der Waals surface area contributed by atoms with E-state index in [-0.39, 0.29) is 41.6 Å². The summed E-state index contributed by atoms with van der Waals surface area (Å²) < 4.78 is 30.5. The van der Waals surface area contributed by atoms with E-state index in [1.807, 2.05) is 24.1 Å². The molecule has 1 saturated carbocycles. The van der Waals surface area contributed by atoms with E-state index in [1.54, 1.807) is 14.2 Å². The van der Waals surface area contributed by atoms with Crippen LogP contribution in [-0.4, -0.2) is 93.6 Å². The summed E-state index contributed by atoms with van der Waals surface area (Å²) in [6.07, 6.45) is 9.64. The maximum atomic E-state index is 14.4. The number of carbonyl (C=O) groups excluding carboxylic acids is 2. The molecule has 3 N–H and O–H groups in total. The van der Waals surface area contributed by atoms with Gasteiger partial charge in [-0.05, 0) is 75.8 Å². The molecule has 4 unspecified atom stereocenters. The summed E-state index contributed by atoms with van der Waals surface area (Å²) >= 11 is 0. The van der Waals surface area contributed by atoms with Crippen molar-refractivity contribution in [1.29, 1.82) is 0 Å². The first kappa shape index (κ1) is 32.4. The Bertz CT molecular complexity index is 1140. The molecular formula is C32H49FN4O5. The summed E-state index contributed by atoms with van der Waals surface area (Å²) in [7, 11) is 3.40. The van der Waals surface area contributed by atoms with E-state index < -0.39 is 6.04 Å². The van der Waals surface area contributed by atoms with E-state index >= 15 is 0 Å². The number of ether oxygens (including phenoxy) is 3. The molecule has 234 valence electrons. The van der Waals surface area contributed by atoms with Gasteiger partial charge >= 0.3 is 0 Å². The van der Waals surface area contributed by atoms with Crippen LogP contribution in [0.2, 0.25) is 0 Å². The summed E-state index contributed by atoms with van der Waals surface area (Å²) in [6.45, 7) is 5.02. The lowest BCUT2D eigenvalue weighted by Crippen LogP contribution is -2.57. The normalized spacial score (nSPS) is 20.1. The zero-order valence-electron chi connectivity index (χ0n) is 25.5. The number of halogens is 1. The first-order valence-corrected chi connectivity index (χ1v) is 15.6. The van der Waals surface area contributed by atoms with Gasteiger partial charge < -0.3 is 34.7 Å². The molecule has 1 aliphatic heterocycles. The molecule has 1 aromatic carbocycles. The second-order valence-corrected chi connectivity index (χ2v) is 11.7. The Morgan fingerprint density at radius 1 is 1.05 bits per heavy atom. The van der Waals surface area contributed by atoms with Crippen LogP contribution in [0.3, 0.4) is 0 Å². The number of hydrogen-bond acceptors (Lipinski definition) is 6. The van der Waals surface area contributed by atoms with Gasteiger partial charge in [0.15, 0.2) is 0 Å². The van der Waals surface area contributed by atoms with Crippen molar-refractivity contribution in [1.82, 2.24) is 20.5 Å². The Labute approximate surface area is 249 Å². The third-order valence-corrected chi connectivity index (χ3v) is 9.01. The first-order valence-electron chi connectivity index (χ1n) is 15.6. The lowest BCUT2D eigenvalue weighted by molar-refractivity contribution is -0.140. The zero-order chi connectivity index (χ0) is 29.9. The van der Waals surface area contributed by atoms with Crippen LogP contribution in [0.15, 0.2) is 24.4 Å². The summed E-state index contributed by atoms with van der Waals surface area (Å²) in [6, 6.07) is 3.85. The number of hydrogen-bond donors (Lipinski definition) is 3. The van der Waals surface area contributed by atoms with Crippen molar-refractivity contribution >= 4 is 22.7 Å². The molecule has 2 fully saturated rings. The predicted molar refractivity (Wildman–Crippen MR) is 161 cm³/mol. The Morgan fingerprint density at radius 2 is 1.79 bits per heavy atom. The largest absolute Gasteiger partial charge is 0.382 e. The Kier molecular flexibility index (Phi) is 12.6. The molecule has 1 aliphatic carbocycles. The average molecular weight is 589 g/mol. The molecule has 2 amide bonds. The average Bonchev–Trinajstić information content (AvgIpc) is 3.66. The quantitative estimate of drug-likeness (QED) is 0.255. The minimum Gasteiger partial charge on any atom is -0.382 e. The molecule has 2 aliphatic rings. The lowest BCUT2D eigenvalue weighted by Gasteiger charge is -2.38. The van der Waals surface area contributed by atoms with Gasteiger partial charge in [0.1, 0.15) is 11.9 Å². The zero-order valence-corrected chi connectivity index (χ0v) is 25.5. The molecule has 1 saturated heterocycles. The maximum Gasteiger partial charge on any atom is 0.245 e. The number of H-pyrrole nitrogens is 1. The van der Waals surface area contributed by atoms with Gasteiger partial charge in [0.25, 0.3) is 0 Å². The Morgan fingerprint density at radius 3 is 2.52 bits per heavy atom. The number of nitrogens with zero attached hydrogens (tertiary/aromatic N) is 1. The fourth-order valence-corrected chi connectivity index (χ4v) is 6.58. The molecule has 0 radical (unpaired) electrons. The van der Waals surface area contributed by atoms with Gasteiger partial charge in [0.2, 0.25) is 11.8 Å². The van der Waals surface area contributed by atoms with E-state index in [9.17, 15) is 14.0 Å². The van der Waals surface area contributed by atoms with Crippen LogP contribution in [0, 0.1) is 11.7 Å². The molecule has 9 nitrogen and oxygen atoms in total. The van der Waals surface area contributed by atoms with Crippen LogP contribution in [0.4, 0.5) is 4.39 Å². The number of amides is 2. The molecule has 2 aromatic rings. The number of aromatic nitrogens is 1. The van der Waals surface area contributed by atoms with Gasteiger partial charge in [0.05, 0.1) is 32.5 Å². The van der Waals surface area contributed by atoms with Crippen LogP contribution in [0.25, 0.3) is 10.9 Å². The molecular weight excluding hydrogens is 539 g/mol. The van der Waals surface area contributed by atoms with E-state index in [4.69, 9.17) is 14.2 Å². The van der Waals surface area contributed by atoms with Crippen LogP contribution >= 0.6 is 0 Å². The summed E-state index contributed by atoms with van der Waals surface area (Å²) in [4.78, 5) is 32.6. The molecule has 0 spiro atoms. The standard InChI is InChI=1S/C32H49FN4O5/c1-22(34-2)31(38)36-30(23-8-5-4-6-9-23)32(39)37-14-7-10-29(37)26(13-15-41-18-19-42-17-16-40-3)27-21-35-28-20-24(33)11-12-25(27)28/h11-12,20-23,26,29-30,34-35H,4-10,13-19H2,1-3H3,(H,36,38). The van der Waals surface area contributed by atoms with Crippen molar-refractivity contribution in [3.63, 3.8) is 0 Å². The Balaban J connectivity index is 1.54. The SMILES string of the molecule is CNC(C)C(=O)NC(C(=O)N1CCCC1C(CCOCCOCCOC)c1c[nH]c2cc(F)ccc12)C1CCCCC1. The maximum absolute atomic E-state index is 14.4. The van der Waals surface area contributed by atoms with Gasteiger partial charge in [-0.25, -0.2) is 4.39 Å². The van der Waals surface area contributed by atoms with E-state index in [1.165, 1.54) is 18.6 Å². The van der Waals surface area contributed by atoms with Gasteiger partial charge in [-0.15, -0.1) is 0 Å². The molecule has 1 aromatic heterocycles. The molecule has 4 rings (SSSR count). The van der Waals surface area contributed by atoms with Crippen molar-refractivity contribution in [3.8, 4) is 0 Å². The number of fused-ring (bicyclic) bond motifs is 1. The van der Waals surface area contributed by atoms with Gasteiger partial charge in [-0.1, -0.05) is 19.3 Å². The molecule has 42 heavy (non-hydrogen) atoms. The van der Waals surface area contributed by atoms with Gasteiger partial charge in [0, 0.05) is 49.3 Å².